The highest BCUT2D eigenvalue weighted by atomic mass is 79.9. The number of halogens is 2. The van der Waals surface area contributed by atoms with Crippen molar-refractivity contribution in [3.05, 3.63) is 88.1 Å². The molecule has 0 radical (unpaired) electrons. The topological polar surface area (TPSA) is 132 Å². The van der Waals surface area contributed by atoms with E-state index in [1.54, 1.807) is 6.82 Å². The first kappa shape index (κ1) is 41.8. The van der Waals surface area contributed by atoms with Crippen molar-refractivity contribution >= 4 is 93.9 Å². The molecule has 0 spiro atoms. The number of ketones is 1. The molecule has 0 atom stereocenters. The average Bonchev–Trinajstić information content (AvgIpc) is 3.75. The summed E-state index contributed by atoms with van der Waals surface area (Å²) in [5.74, 6) is 0.193. The fourth-order valence-electron chi connectivity index (χ4n) is 4.90. The van der Waals surface area contributed by atoms with Gasteiger partial charge in [-0.05, 0) is 87.2 Å². The molecule has 3 aromatic carbocycles. The summed E-state index contributed by atoms with van der Waals surface area (Å²) in [4.78, 5) is 28.6. The Morgan fingerprint density at radius 3 is 1.83 bits per heavy atom. The Balaban J connectivity index is 0.000000188. The number of ether oxygens (including phenoxy) is 2. The second-order valence-electron chi connectivity index (χ2n) is 14.9. The second-order valence-corrected chi connectivity index (χ2v) is 27.6. The van der Waals surface area contributed by atoms with Crippen molar-refractivity contribution in [3.63, 3.8) is 0 Å². The largest absolute Gasteiger partial charge is 0.437 e. The van der Waals surface area contributed by atoms with Gasteiger partial charge in [0.1, 0.15) is 13.5 Å². The average molecular weight is 872 g/mol. The molecule has 0 fully saturated rings. The molecule has 0 saturated carbocycles. The van der Waals surface area contributed by atoms with Gasteiger partial charge in [0.15, 0.2) is 15.3 Å². The molecule has 16 heteroatoms. The number of benzene rings is 3. The van der Waals surface area contributed by atoms with Crippen LogP contribution in [0.1, 0.15) is 10.6 Å². The first-order valence-corrected chi connectivity index (χ1v) is 26.4. The van der Waals surface area contributed by atoms with E-state index in [0.29, 0.717) is 25.9 Å². The zero-order valence-electron chi connectivity index (χ0n) is 31.1. The monoisotopic (exact) mass is 869 g/mol. The number of hydrogen-bond donors (Lipinski definition) is 3. The van der Waals surface area contributed by atoms with Gasteiger partial charge < -0.3 is 24.7 Å². The number of aromatic amines is 1. The Bertz CT molecular complexity index is 2010. The third-order valence-corrected chi connectivity index (χ3v) is 12.3. The van der Waals surface area contributed by atoms with Gasteiger partial charge in [0.05, 0.1) is 39.6 Å². The lowest BCUT2D eigenvalue weighted by Crippen LogP contribution is -2.36. The number of hydrogen-bond acceptors (Lipinski definition) is 8. The van der Waals surface area contributed by atoms with Crippen LogP contribution in [0.2, 0.25) is 58.2 Å². The highest BCUT2D eigenvalue weighted by Crippen LogP contribution is 2.21. The van der Waals surface area contributed by atoms with Crippen molar-refractivity contribution in [1.29, 1.82) is 0 Å². The molecule has 0 amide bonds. The molecule has 6 rings (SSSR count). The van der Waals surface area contributed by atoms with Crippen molar-refractivity contribution in [2.24, 2.45) is 0 Å². The molecule has 3 N–H and O–H groups in total. The lowest BCUT2D eigenvalue weighted by molar-refractivity contribution is 0.0821. The standard InChI is InChI=1S/C16H26BN3O3Si.C13H19BrN2OSi.C7H5BrN2/c1-17(22)18-11-15(21)16-19-13-7-5-6-8-14(13)20(16)12-23-9-10-24(2,3)4;1-18(2,3)9-8-17-10-16-12-7-5-4-6-11(12)15-13(16)14;8-7-9-5-3-1-2-4-6(5)10-7/h5-8,18,22H,9-12H2,1-4H3;4-7H,8-10H2,1-3H3;1-4H,(H,9,10). The van der Waals surface area contributed by atoms with Gasteiger partial charge in [-0.15, -0.1) is 0 Å². The van der Waals surface area contributed by atoms with Gasteiger partial charge in [-0.2, -0.15) is 0 Å². The quantitative estimate of drug-likeness (QED) is 0.0563. The van der Waals surface area contributed by atoms with E-state index < -0.39 is 23.2 Å². The number of nitrogens with zero attached hydrogens (tertiary/aromatic N) is 5. The molecule has 0 aliphatic carbocycles. The highest BCUT2D eigenvalue weighted by Gasteiger charge is 2.19. The predicted molar refractivity (Wildman–Crippen MR) is 225 cm³/mol. The summed E-state index contributed by atoms with van der Waals surface area (Å²) in [6.07, 6.45) is 0. The second kappa shape index (κ2) is 19.4. The highest BCUT2D eigenvalue weighted by molar-refractivity contribution is 9.10. The number of para-hydroxylation sites is 6. The Labute approximate surface area is 325 Å². The normalized spacial score (nSPS) is 11.7. The molecule has 0 saturated heterocycles. The number of imidazole rings is 3. The molecule has 3 aromatic heterocycles. The van der Waals surface area contributed by atoms with Crippen LogP contribution >= 0.6 is 31.9 Å². The Morgan fingerprint density at radius 1 is 0.769 bits per heavy atom. The fourth-order valence-corrected chi connectivity index (χ4v) is 7.30. The van der Waals surface area contributed by atoms with Crippen LogP contribution in [-0.2, 0) is 22.9 Å². The van der Waals surface area contributed by atoms with Gasteiger partial charge in [0.2, 0.25) is 5.78 Å². The van der Waals surface area contributed by atoms with Crippen molar-refractivity contribution in [1.82, 2.24) is 34.3 Å². The van der Waals surface area contributed by atoms with E-state index in [0.717, 1.165) is 55.2 Å². The lowest BCUT2D eigenvalue weighted by Gasteiger charge is -2.16. The van der Waals surface area contributed by atoms with E-state index in [2.05, 4.69) is 107 Å². The van der Waals surface area contributed by atoms with Crippen LogP contribution in [0, 0.1) is 0 Å². The minimum Gasteiger partial charge on any atom is -0.437 e. The van der Waals surface area contributed by atoms with E-state index in [1.807, 2.05) is 71.3 Å². The maximum Gasteiger partial charge on any atom is 0.373 e. The van der Waals surface area contributed by atoms with E-state index >= 15 is 0 Å². The van der Waals surface area contributed by atoms with E-state index in [9.17, 15) is 9.82 Å². The van der Waals surface area contributed by atoms with Crippen molar-refractivity contribution in [3.8, 4) is 0 Å². The first-order valence-electron chi connectivity index (χ1n) is 17.4. The predicted octanol–water partition coefficient (Wildman–Crippen LogP) is 8.67. The zero-order valence-corrected chi connectivity index (χ0v) is 36.3. The van der Waals surface area contributed by atoms with Gasteiger partial charge >= 0.3 is 7.05 Å². The molecule has 3 heterocycles. The van der Waals surface area contributed by atoms with Gasteiger partial charge in [0.25, 0.3) is 0 Å². The van der Waals surface area contributed by atoms with Gasteiger partial charge in [0, 0.05) is 29.4 Å². The van der Waals surface area contributed by atoms with Gasteiger partial charge in [-0.25, -0.2) is 15.0 Å². The summed E-state index contributed by atoms with van der Waals surface area (Å²) >= 11 is 6.74. The number of aromatic nitrogens is 6. The summed E-state index contributed by atoms with van der Waals surface area (Å²) in [6.45, 7) is 18.0. The number of nitrogens with one attached hydrogen (secondary N) is 2. The van der Waals surface area contributed by atoms with Gasteiger partial charge in [-0.3, -0.25) is 13.9 Å². The zero-order chi connectivity index (χ0) is 37.9. The van der Waals surface area contributed by atoms with Crippen LogP contribution in [0.5, 0.6) is 0 Å². The summed E-state index contributed by atoms with van der Waals surface area (Å²) in [5.41, 5.74) is 5.82. The molecule has 278 valence electrons. The van der Waals surface area contributed by atoms with E-state index in [4.69, 9.17) is 9.47 Å². The SMILES string of the molecule is Brc1nc2ccccc2[nH]1.CB(O)NCC(=O)c1nc2ccccc2n1COCC[Si](C)(C)C.C[Si](C)(C)CCOCn1c(Br)nc2ccccc21. The van der Waals surface area contributed by atoms with E-state index in [-0.39, 0.29) is 12.3 Å². The molecule has 0 aliphatic heterocycles. The third kappa shape index (κ3) is 13.2. The minimum atomic E-state index is -1.15. The Hall–Kier alpha value is -2.96. The molecule has 52 heavy (non-hydrogen) atoms. The van der Waals surface area contributed by atoms with Crippen LogP contribution < -0.4 is 5.23 Å². The molecule has 0 unspecified atom stereocenters. The Kier molecular flexibility index (Phi) is 15.6. The maximum atomic E-state index is 12.4. The van der Waals surface area contributed by atoms with Crippen LogP contribution in [0.4, 0.5) is 0 Å². The smallest absolute Gasteiger partial charge is 0.373 e. The number of carbonyl (C=O) groups is 1. The van der Waals surface area contributed by atoms with Crippen LogP contribution in [0.15, 0.2) is 82.3 Å². The molecular weight excluding hydrogens is 821 g/mol. The number of Topliss-reactive ketones (excluding diaryl/α,β-unsaturated/α-hetero) is 1. The van der Waals surface area contributed by atoms with Crippen molar-refractivity contribution < 1.29 is 19.3 Å². The third-order valence-electron chi connectivity index (χ3n) is 7.86. The maximum absolute atomic E-state index is 12.4. The van der Waals surface area contributed by atoms with Crippen LogP contribution in [0.3, 0.4) is 0 Å². The number of H-pyrrole nitrogens is 1. The van der Waals surface area contributed by atoms with E-state index in [1.165, 1.54) is 6.04 Å². The van der Waals surface area contributed by atoms with Gasteiger partial charge in [-0.1, -0.05) is 75.7 Å². The number of rotatable bonds is 14. The van der Waals surface area contributed by atoms with Crippen LogP contribution in [-0.4, -0.2) is 82.8 Å². The molecule has 0 bridgehead atoms. The summed E-state index contributed by atoms with van der Waals surface area (Å²) in [5, 5.41) is 12.0. The van der Waals surface area contributed by atoms with Crippen molar-refractivity contribution in [2.75, 3.05) is 19.8 Å². The van der Waals surface area contributed by atoms with Crippen LogP contribution in [0.25, 0.3) is 33.1 Å². The fraction of sp³-hybridized carbons (Fsp3) is 0.389. The lowest BCUT2D eigenvalue weighted by atomic mass is 9.89. The number of carbonyl (C=O) groups excluding carboxylic acids is 1. The summed E-state index contributed by atoms with van der Waals surface area (Å²) < 4.78 is 17.1. The summed E-state index contributed by atoms with van der Waals surface area (Å²) in [6, 6.07) is 25.9. The molecule has 11 nitrogen and oxygen atoms in total. The van der Waals surface area contributed by atoms with Crippen molar-refractivity contribution in [2.45, 2.75) is 71.7 Å². The molecule has 0 aliphatic rings. The Morgan fingerprint density at radius 2 is 1.27 bits per heavy atom. The first-order chi connectivity index (χ1) is 24.6. The number of fused-ring (bicyclic) bond motifs is 3. The minimum absolute atomic E-state index is 0.0376. The summed E-state index contributed by atoms with van der Waals surface area (Å²) in [7, 11) is -2.89. The molecular formula is C36H50BBr2N7O4Si2. The molecule has 6 aromatic rings.